The molecule has 2 amide bonds. The molecule has 2 N–H and O–H groups in total. The van der Waals surface area contributed by atoms with Gasteiger partial charge in [0, 0.05) is 11.3 Å². The summed E-state index contributed by atoms with van der Waals surface area (Å²) in [4.78, 5) is 25.7. The number of anilines is 1. The van der Waals surface area contributed by atoms with Crippen molar-refractivity contribution in [2.24, 2.45) is 5.92 Å². The van der Waals surface area contributed by atoms with Crippen LogP contribution in [0.15, 0.2) is 95.5 Å². The quantitative estimate of drug-likeness (QED) is 0.705. The molecular formula is C27H24N2O4S. The van der Waals surface area contributed by atoms with Gasteiger partial charge in [0.05, 0.1) is 16.5 Å². The van der Waals surface area contributed by atoms with Crippen LogP contribution in [0.2, 0.25) is 0 Å². The maximum absolute atomic E-state index is 13.2. The lowest BCUT2D eigenvalue weighted by Crippen LogP contribution is -2.43. The molecule has 3 unspecified atom stereocenters. The number of fused-ring (bicyclic) bond motifs is 2. The van der Waals surface area contributed by atoms with E-state index in [9.17, 15) is 18.0 Å². The lowest BCUT2D eigenvalue weighted by atomic mass is 9.94. The highest BCUT2D eigenvalue weighted by Crippen LogP contribution is 2.30. The van der Waals surface area contributed by atoms with Crippen molar-refractivity contribution < 1.29 is 18.0 Å². The van der Waals surface area contributed by atoms with E-state index in [1.807, 2.05) is 24.3 Å². The Morgan fingerprint density at radius 3 is 2.68 bits per heavy atom. The Kier molecular flexibility index (Phi) is 5.57. The van der Waals surface area contributed by atoms with E-state index in [0.29, 0.717) is 17.2 Å². The minimum Gasteiger partial charge on any atom is -0.344 e. The average molecular weight is 473 g/mol. The van der Waals surface area contributed by atoms with Gasteiger partial charge in [-0.15, -0.1) is 0 Å². The van der Waals surface area contributed by atoms with Gasteiger partial charge in [0.2, 0.25) is 0 Å². The molecule has 34 heavy (non-hydrogen) atoms. The highest BCUT2D eigenvalue weighted by molar-refractivity contribution is 7.92. The number of carbonyl (C=O) groups is 2. The highest BCUT2D eigenvalue weighted by atomic mass is 32.2. The second-order valence-corrected chi connectivity index (χ2v) is 10.8. The molecular weight excluding hydrogens is 448 g/mol. The van der Waals surface area contributed by atoms with E-state index in [4.69, 9.17) is 0 Å². The van der Waals surface area contributed by atoms with Crippen LogP contribution in [0.5, 0.6) is 0 Å². The molecule has 0 spiro atoms. The molecule has 172 valence electrons. The van der Waals surface area contributed by atoms with Gasteiger partial charge in [-0.1, -0.05) is 61.6 Å². The molecule has 6 nitrogen and oxygen atoms in total. The lowest BCUT2D eigenvalue weighted by Gasteiger charge is -2.24. The monoisotopic (exact) mass is 472 g/mol. The zero-order valence-electron chi connectivity index (χ0n) is 18.6. The summed E-state index contributed by atoms with van der Waals surface area (Å²) in [5, 5.41) is 4.67. The molecule has 2 aromatic carbocycles. The van der Waals surface area contributed by atoms with Crippen molar-refractivity contribution in [1.29, 1.82) is 0 Å². The highest BCUT2D eigenvalue weighted by Gasteiger charge is 2.40. The van der Waals surface area contributed by atoms with Crippen LogP contribution >= 0.6 is 0 Å². The number of sulfone groups is 1. The Morgan fingerprint density at radius 2 is 1.88 bits per heavy atom. The molecule has 2 aromatic rings. The molecule has 3 aliphatic rings. The van der Waals surface area contributed by atoms with E-state index in [1.165, 1.54) is 30.4 Å². The largest absolute Gasteiger partial charge is 0.344 e. The van der Waals surface area contributed by atoms with Crippen LogP contribution in [0.4, 0.5) is 5.69 Å². The summed E-state index contributed by atoms with van der Waals surface area (Å²) in [5.74, 6) is -0.336. The van der Waals surface area contributed by atoms with Crippen LogP contribution in [-0.2, 0) is 14.6 Å². The van der Waals surface area contributed by atoms with Crippen molar-refractivity contribution >= 4 is 32.9 Å². The van der Waals surface area contributed by atoms with Crippen LogP contribution in [0.1, 0.15) is 29.3 Å². The SMILES string of the molecule is CC1C=CC(c2cccc(NC(=O)C3=CC4NC(=O)c5ccccc5S(=O)(=O)C4C=C3)c2)=CC1. The Bertz CT molecular complexity index is 1420. The number of nitrogens with one attached hydrogen (secondary N) is 2. The van der Waals surface area contributed by atoms with E-state index in [-0.39, 0.29) is 16.4 Å². The van der Waals surface area contributed by atoms with Gasteiger partial charge in [-0.2, -0.15) is 0 Å². The Balaban J connectivity index is 1.38. The number of rotatable bonds is 3. The molecule has 0 fully saturated rings. The summed E-state index contributed by atoms with van der Waals surface area (Å²) in [6.07, 6.45) is 11.9. The van der Waals surface area contributed by atoms with Gasteiger partial charge in [0.15, 0.2) is 9.84 Å². The minimum absolute atomic E-state index is 0.00299. The fraction of sp³-hybridized carbons (Fsp3) is 0.185. The van der Waals surface area contributed by atoms with Gasteiger partial charge in [-0.25, -0.2) is 8.42 Å². The van der Waals surface area contributed by atoms with Crippen molar-refractivity contribution in [2.75, 3.05) is 5.32 Å². The van der Waals surface area contributed by atoms with Gasteiger partial charge in [0.25, 0.3) is 11.8 Å². The Labute approximate surface area is 198 Å². The Hall–Kier alpha value is -3.71. The van der Waals surface area contributed by atoms with Crippen molar-refractivity contribution in [3.63, 3.8) is 0 Å². The first-order valence-corrected chi connectivity index (χ1v) is 12.7. The molecule has 0 aromatic heterocycles. The third kappa shape index (κ3) is 4.03. The summed E-state index contributed by atoms with van der Waals surface area (Å²) >= 11 is 0. The van der Waals surface area contributed by atoms with Crippen LogP contribution < -0.4 is 10.6 Å². The van der Waals surface area contributed by atoms with Gasteiger partial charge in [0.1, 0.15) is 5.25 Å². The molecule has 0 saturated heterocycles. The minimum atomic E-state index is -3.80. The molecule has 0 saturated carbocycles. The fourth-order valence-electron chi connectivity index (χ4n) is 4.43. The molecule has 1 heterocycles. The number of benzene rings is 2. The van der Waals surface area contributed by atoms with Crippen molar-refractivity contribution in [2.45, 2.75) is 29.5 Å². The number of carbonyl (C=O) groups excluding carboxylic acids is 2. The normalized spacial score (nSPS) is 24.6. The molecule has 0 radical (unpaired) electrons. The summed E-state index contributed by atoms with van der Waals surface area (Å²) in [6, 6.07) is 12.9. The number of allylic oxidation sites excluding steroid dienone is 4. The molecule has 0 bridgehead atoms. The summed E-state index contributed by atoms with van der Waals surface area (Å²) in [7, 11) is -3.80. The third-order valence-electron chi connectivity index (χ3n) is 6.30. The van der Waals surface area contributed by atoms with Crippen LogP contribution in [0.3, 0.4) is 0 Å². The second kappa shape index (κ2) is 8.57. The average Bonchev–Trinajstić information content (AvgIpc) is 2.92. The van der Waals surface area contributed by atoms with Gasteiger partial charge >= 0.3 is 0 Å². The topological polar surface area (TPSA) is 92.3 Å². The molecule has 1 aliphatic heterocycles. The van der Waals surface area contributed by atoms with Crippen molar-refractivity contribution in [3.8, 4) is 0 Å². The number of amides is 2. The second-order valence-electron chi connectivity index (χ2n) is 8.75. The predicted octanol–water partition coefficient (Wildman–Crippen LogP) is 4.06. The zero-order valence-corrected chi connectivity index (χ0v) is 19.4. The van der Waals surface area contributed by atoms with Gasteiger partial charge in [-0.3, -0.25) is 9.59 Å². The maximum Gasteiger partial charge on any atom is 0.255 e. The number of hydrogen-bond acceptors (Lipinski definition) is 4. The molecule has 3 atom stereocenters. The predicted molar refractivity (Wildman–Crippen MR) is 132 cm³/mol. The smallest absolute Gasteiger partial charge is 0.255 e. The standard InChI is InChI=1S/C27H24N2O4S/c1-17-9-11-18(12-10-17)19-5-4-6-21(15-19)28-26(30)20-13-14-25-23(16-20)29-27(31)22-7-2-3-8-24(22)34(25,32)33/h2-9,11-17,23,25H,10H2,1H3,(H,28,30)(H,29,31). The van der Waals surface area contributed by atoms with Crippen molar-refractivity contribution in [3.05, 3.63) is 102 Å². The van der Waals surface area contributed by atoms with Crippen LogP contribution in [-0.4, -0.2) is 31.5 Å². The van der Waals surface area contributed by atoms with Gasteiger partial charge in [-0.05, 0) is 53.8 Å². The van der Waals surface area contributed by atoms with Crippen LogP contribution in [0.25, 0.3) is 5.57 Å². The molecule has 2 aliphatic carbocycles. The van der Waals surface area contributed by atoms with E-state index >= 15 is 0 Å². The van der Waals surface area contributed by atoms with Crippen molar-refractivity contribution in [1.82, 2.24) is 5.32 Å². The summed E-state index contributed by atoms with van der Waals surface area (Å²) in [5.41, 5.74) is 3.16. The van der Waals surface area contributed by atoms with E-state index in [0.717, 1.165) is 17.6 Å². The molecule has 7 heteroatoms. The lowest BCUT2D eigenvalue weighted by molar-refractivity contribution is -0.112. The first kappa shape index (κ1) is 22.1. The van der Waals surface area contributed by atoms with E-state index in [1.54, 1.807) is 12.1 Å². The zero-order chi connectivity index (χ0) is 23.9. The number of hydrogen-bond donors (Lipinski definition) is 2. The van der Waals surface area contributed by atoms with Crippen LogP contribution in [0, 0.1) is 5.92 Å². The van der Waals surface area contributed by atoms with E-state index in [2.05, 4.69) is 35.8 Å². The van der Waals surface area contributed by atoms with E-state index < -0.39 is 27.0 Å². The Morgan fingerprint density at radius 1 is 1.06 bits per heavy atom. The molecule has 5 rings (SSSR count). The first-order valence-electron chi connectivity index (χ1n) is 11.2. The first-order chi connectivity index (χ1) is 16.3. The fourth-order valence-corrected chi connectivity index (χ4v) is 6.28. The maximum atomic E-state index is 13.2. The van der Waals surface area contributed by atoms with Gasteiger partial charge < -0.3 is 10.6 Å². The third-order valence-corrected chi connectivity index (χ3v) is 8.44. The summed E-state index contributed by atoms with van der Waals surface area (Å²) < 4.78 is 26.4. The summed E-state index contributed by atoms with van der Waals surface area (Å²) in [6.45, 7) is 2.16.